The van der Waals surface area contributed by atoms with E-state index in [9.17, 15) is 8.78 Å². The number of halogens is 2. The van der Waals surface area contributed by atoms with Crippen molar-refractivity contribution in [2.75, 3.05) is 12.1 Å². The summed E-state index contributed by atoms with van der Waals surface area (Å²) >= 11 is 0. The fourth-order valence-corrected chi connectivity index (χ4v) is 4.05. The fourth-order valence-electron chi connectivity index (χ4n) is 2.83. The second-order valence-electron chi connectivity index (χ2n) is 5.50. The Bertz CT molecular complexity index is 715. The molecule has 0 aliphatic carbocycles. The first-order valence-corrected chi connectivity index (χ1v) is 8.04. The van der Waals surface area contributed by atoms with Crippen molar-refractivity contribution in [1.82, 2.24) is 5.01 Å². The van der Waals surface area contributed by atoms with Gasteiger partial charge in [0, 0.05) is 7.05 Å². The Hall–Kier alpha value is -2.21. The van der Waals surface area contributed by atoms with Crippen LogP contribution in [0.5, 0.6) is 0 Å². The van der Waals surface area contributed by atoms with E-state index in [-0.39, 0.29) is 11.6 Å². The highest BCUT2D eigenvalue weighted by Crippen LogP contribution is 2.37. The van der Waals surface area contributed by atoms with Crippen LogP contribution in [0.2, 0.25) is 0 Å². The SMILES string of the molecule is CC1=NC([SiH3])(c2ccc(F)cc2)N(c2ccc(F)cc2)N1C. The molecule has 114 valence electrons. The molecule has 1 aliphatic rings. The molecule has 1 aliphatic heterocycles. The van der Waals surface area contributed by atoms with Gasteiger partial charge in [0.2, 0.25) is 0 Å². The zero-order valence-electron chi connectivity index (χ0n) is 12.7. The van der Waals surface area contributed by atoms with E-state index in [4.69, 9.17) is 4.99 Å². The summed E-state index contributed by atoms with van der Waals surface area (Å²) in [4.78, 5) is 4.80. The number of aliphatic imine (C=N–C) groups is 1. The van der Waals surface area contributed by atoms with E-state index in [1.165, 1.54) is 24.3 Å². The molecular formula is C16H17F2N3Si. The largest absolute Gasteiger partial charge is 0.273 e. The third kappa shape index (κ3) is 2.29. The minimum absolute atomic E-state index is 0.269. The Kier molecular flexibility index (Phi) is 3.48. The van der Waals surface area contributed by atoms with Gasteiger partial charge in [0.15, 0.2) is 5.29 Å². The Morgan fingerprint density at radius 3 is 2.00 bits per heavy atom. The molecule has 0 amide bonds. The number of amidine groups is 1. The molecule has 0 saturated carbocycles. The lowest BCUT2D eigenvalue weighted by Crippen LogP contribution is -2.49. The van der Waals surface area contributed by atoms with Crippen molar-refractivity contribution in [2.45, 2.75) is 12.2 Å². The molecule has 1 unspecified atom stereocenters. The third-order valence-corrected chi connectivity index (χ3v) is 5.25. The first kappa shape index (κ1) is 14.7. The first-order chi connectivity index (χ1) is 10.4. The molecule has 0 N–H and O–H groups in total. The number of hydrazine groups is 1. The molecule has 3 rings (SSSR count). The van der Waals surface area contributed by atoms with Gasteiger partial charge in [0.1, 0.15) is 17.5 Å². The average Bonchev–Trinajstić information content (AvgIpc) is 2.72. The molecule has 1 atom stereocenters. The highest BCUT2D eigenvalue weighted by Gasteiger charge is 2.41. The van der Waals surface area contributed by atoms with Crippen molar-refractivity contribution in [3.63, 3.8) is 0 Å². The summed E-state index contributed by atoms with van der Waals surface area (Å²) in [6.45, 7) is 1.93. The molecule has 22 heavy (non-hydrogen) atoms. The standard InChI is InChI=1S/C16H17F2N3Si/c1-11-19-16(22,12-3-5-13(17)6-4-12)21(20(11)2)15-9-7-14(18)8-10-15/h3-10H,1-2,22H3. The molecule has 0 bridgehead atoms. The number of anilines is 1. The normalized spacial score (nSPS) is 21.4. The predicted molar refractivity (Wildman–Crippen MR) is 87.8 cm³/mol. The molecule has 6 heteroatoms. The number of hydrogen-bond donors (Lipinski definition) is 0. The smallest absolute Gasteiger partial charge is 0.152 e. The molecule has 0 radical (unpaired) electrons. The maximum absolute atomic E-state index is 13.2. The predicted octanol–water partition coefficient (Wildman–Crippen LogP) is 2.23. The van der Waals surface area contributed by atoms with Gasteiger partial charge in [-0.15, -0.1) is 0 Å². The quantitative estimate of drug-likeness (QED) is 0.791. The van der Waals surface area contributed by atoms with Crippen molar-refractivity contribution in [3.05, 3.63) is 65.7 Å². The number of benzene rings is 2. The molecule has 2 aromatic rings. The van der Waals surface area contributed by atoms with Crippen LogP contribution in [-0.2, 0) is 5.29 Å². The summed E-state index contributed by atoms with van der Waals surface area (Å²) in [6.07, 6.45) is 0. The van der Waals surface area contributed by atoms with Gasteiger partial charge in [-0.2, -0.15) is 0 Å². The monoisotopic (exact) mass is 317 g/mol. The summed E-state index contributed by atoms with van der Waals surface area (Å²) in [5.41, 5.74) is 1.78. The summed E-state index contributed by atoms with van der Waals surface area (Å²) in [7, 11) is 2.61. The van der Waals surface area contributed by atoms with Crippen molar-refractivity contribution in [2.24, 2.45) is 4.99 Å². The highest BCUT2D eigenvalue weighted by molar-refractivity contribution is 6.19. The van der Waals surface area contributed by atoms with E-state index in [2.05, 4.69) is 0 Å². The Morgan fingerprint density at radius 1 is 0.955 bits per heavy atom. The summed E-state index contributed by atoms with van der Waals surface area (Å²) in [6, 6.07) is 12.7. The van der Waals surface area contributed by atoms with Gasteiger partial charge in [-0.1, -0.05) is 12.1 Å². The second kappa shape index (κ2) is 5.21. The van der Waals surface area contributed by atoms with Crippen LogP contribution in [0.25, 0.3) is 0 Å². The van der Waals surface area contributed by atoms with Crippen LogP contribution in [0.15, 0.2) is 53.5 Å². The van der Waals surface area contributed by atoms with Gasteiger partial charge in [0.05, 0.1) is 15.9 Å². The molecule has 0 saturated heterocycles. The lowest BCUT2D eigenvalue weighted by atomic mass is 10.1. The van der Waals surface area contributed by atoms with Crippen molar-refractivity contribution in [1.29, 1.82) is 0 Å². The zero-order chi connectivity index (χ0) is 15.9. The highest BCUT2D eigenvalue weighted by atomic mass is 28.1. The van der Waals surface area contributed by atoms with Crippen molar-refractivity contribution in [3.8, 4) is 0 Å². The number of rotatable bonds is 2. The van der Waals surface area contributed by atoms with E-state index in [1.54, 1.807) is 24.3 Å². The molecule has 0 spiro atoms. The van der Waals surface area contributed by atoms with Gasteiger partial charge >= 0.3 is 0 Å². The van der Waals surface area contributed by atoms with Crippen molar-refractivity contribution >= 4 is 21.8 Å². The van der Waals surface area contributed by atoms with Gasteiger partial charge in [-0.25, -0.2) is 13.8 Å². The fraction of sp³-hybridized carbons (Fsp3) is 0.188. The van der Waals surface area contributed by atoms with Gasteiger partial charge in [-0.3, -0.25) is 10.0 Å². The summed E-state index contributed by atoms with van der Waals surface area (Å²) in [5, 5.41) is 3.41. The topological polar surface area (TPSA) is 18.8 Å². The van der Waals surface area contributed by atoms with E-state index in [1.807, 2.05) is 24.0 Å². The lowest BCUT2D eigenvalue weighted by Gasteiger charge is -2.39. The van der Waals surface area contributed by atoms with Crippen LogP contribution >= 0.6 is 0 Å². The first-order valence-electron chi connectivity index (χ1n) is 7.04. The van der Waals surface area contributed by atoms with E-state index in [0.717, 1.165) is 17.1 Å². The average molecular weight is 317 g/mol. The Morgan fingerprint density at radius 2 is 1.45 bits per heavy atom. The van der Waals surface area contributed by atoms with Crippen molar-refractivity contribution < 1.29 is 8.78 Å². The maximum atomic E-state index is 13.2. The number of hydrogen-bond acceptors (Lipinski definition) is 3. The minimum atomic E-state index is -0.565. The van der Waals surface area contributed by atoms with Crippen LogP contribution < -0.4 is 5.01 Å². The minimum Gasteiger partial charge on any atom is -0.273 e. The zero-order valence-corrected chi connectivity index (χ0v) is 14.7. The maximum Gasteiger partial charge on any atom is 0.152 e. The second-order valence-corrected chi connectivity index (χ2v) is 6.89. The molecule has 2 aromatic carbocycles. The van der Waals surface area contributed by atoms with E-state index < -0.39 is 5.29 Å². The van der Waals surface area contributed by atoms with Crippen LogP contribution in [0.1, 0.15) is 12.5 Å². The van der Waals surface area contributed by atoms with Crippen LogP contribution in [0, 0.1) is 11.6 Å². The number of nitrogens with zero attached hydrogens (tertiary/aromatic N) is 3. The summed E-state index contributed by atoms with van der Waals surface area (Å²) in [5.74, 6) is 0.321. The molecule has 0 fully saturated rings. The van der Waals surface area contributed by atoms with E-state index >= 15 is 0 Å². The Labute approximate surface area is 131 Å². The molecule has 3 nitrogen and oxygen atoms in total. The van der Waals surface area contributed by atoms with E-state index in [0.29, 0.717) is 10.2 Å². The molecular weight excluding hydrogens is 300 g/mol. The molecule has 0 aromatic heterocycles. The summed E-state index contributed by atoms with van der Waals surface area (Å²) < 4.78 is 26.4. The van der Waals surface area contributed by atoms with Crippen LogP contribution in [0.4, 0.5) is 14.5 Å². The van der Waals surface area contributed by atoms with Gasteiger partial charge in [-0.05, 0) is 48.9 Å². The van der Waals surface area contributed by atoms with Crippen LogP contribution in [0.3, 0.4) is 0 Å². The van der Waals surface area contributed by atoms with Gasteiger partial charge < -0.3 is 0 Å². The van der Waals surface area contributed by atoms with Gasteiger partial charge in [0.25, 0.3) is 0 Å². The lowest BCUT2D eigenvalue weighted by molar-refractivity contribution is 0.415. The molecule has 1 heterocycles. The Balaban J connectivity index is 2.10. The van der Waals surface area contributed by atoms with Crippen LogP contribution in [-0.4, -0.2) is 28.1 Å². The third-order valence-electron chi connectivity index (χ3n) is 4.02.